The van der Waals surface area contributed by atoms with Crippen LogP contribution in [0.5, 0.6) is 0 Å². The Hall–Kier alpha value is -2.96. The van der Waals surface area contributed by atoms with Gasteiger partial charge >= 0.3 is 5.69 Å². The first-order chi connectivity index (χ1) is 11.0. The minimum absolute atomic E-state index is 0.0742. The van der Waals surface area contributed by atoms with Gasteiger partial charge in [-0.15, -0.1) is 0 Å². The summed E-state index contributed by atoms with van der Waals surface area (Å²) in [5.74, 6) is -0.931. The molecule has 2 aromatic rings. The number of nitro benzene ring substituents is 1. The summed E-state index contributed by atoms with van der Waals surface area (Å²) < 4.78 is 13.8. The summed E-state index contributed by atoms with van der Waals surface area (Å²) in [6, 6.07) is 11.2. The predicted octanol–water partition coefficient (Wildman–Crippen LogP) is 3.08. The highest BCUT2D eigenvalue weighted by molar-refractivity contribution is 5.96. The van der Waals surface area contributed by atoms with Crippen LogP contribution in [0.1, 0.15) is 12.0 Å². The molecule has 1 aliphatic heterocycles. The lowest BCUT2D eigenvalue weighted by atomic mass is 10.1. The molecule has 6 nitrogen and oxygen atoms in total. The van der Waals surface area contributed by atoms with E-state index in [-0.39, 0.29) is 5.91 Å². The maximum absolute atomic E-state index is 13.8. The zero-order valence-corrected chi connectivity index (χ0v) is 12.2. The van der Waals surface area contributed by atoms with Crippen LogP contribution in [0.15, 0.2) is 42.5 Å². The van der Waals surface area contributed by atoms with Crippen molar-refractivity contribution in [3.05, 3.63) is 64.0 Å². The average molecular weight is 315 g/mol. The van der Waals surface area contributed by atoms with Crippen LogP contribution in [0.3, 0.4) is 0 Å². The molecule has 0 fully saturated rings. The summed E-state index contributed by atoms with van der Waals surface area (Å²) in [5.41, 5.74) is 1.62. The fraction of sp³-hybridized carbons (Fsp3) is 0.188. The molecule has 1 amide bonds. The number of anilines is 2. The Morgan fingerprint density at radius 2 is 2.04 bits per heavy atom. The Morgan fingerprint density at radius 3 is 2.78 bits per heavy atom. The van der Waals surface area contributed by atoms with E-state index in [1.807, 2.05) is 29.2 Å². The van der Waals surface area contributed by atoms with Gasteiger partial charge in [0, 0.05) is 25.6 Å². The first-order valence-electron chi connectivity index (χ1n) is 7.11. The Kier molecular flexibility index (Phi) is 3.92. The second-order valence-corrected chi connectivity index (χ2v) is 5.28. The molecule has 118 valence electrons. The van der Waals surface area contributed by atoms with Crippen molar-refractivity contribution in [3.8, 4) is 0 Å². The molecule has 0 atom stereocenters. The maximum atomic E-state index is 13.8. The van der Waals surface area contributed by atoms with Crippen LogP contribution in [0.4, 0.5) is 21.5 Å². The lowest BCUT2D eigenvalue weighted by Crippen LogP contribution is -2.24. The Morgan fingerprint density at radius 1 is 1.26 bits per heavy atom. The summed E-state index contributed by atoms with van der Waals surface area (Å²) in [6.07, 6.45) is 0.324. The van der Waals surface area contributed by atoms with E-state index in [2.05, 4.69) is 5.32 Å². The van der Waals surface area contributed by atoms with Crippen LogP contribution in [0.2, 0.25) is 0 Å². The molecule has 3 rings (SSSR count). The highest BCUT2D eigenvalue weighted by Crippen LogP contribution is 2.30. The number of nitrogens with one attached hydrogen (secondary N) is 1. The third kappa shape index (κ3) is 3.13. The van der Waals surface area contributed by atoms with E-state index >= 15 is 0 Å². The third-order valence-electron chi connectivity index (χ3n) is 3.71. The molecule has 1 aliphatic rings. The van der Waals surface area contributed by atoms with Gasteiger partial charge in [-0.1, -0.05) is 18.2 Å². The summed E-state index contributed by atoms with van der Waals surface area (Å²) in [5, 5.41) is 13.5. The fourth-order valence-corrected chi connectivity index (χ4v) is 2.61. The monoisotopic (exact) mass is 315 g/mol. The highest BCUT2D eigenvalue weighted by atomic mass is 19.1. The molecule has 0 aromatic heterocycles. The highest BCUT2D eigenvalue weighted by Gasteiger charge is 2.20. The number of nitrogens with zero attached hydrogens (tertiary/aromatic N) is 2. The number of carbonyl (C=O) groups excluding carboxylic acids is 1. The van der Waals surface area contributed by atoms with Gasteiger partial charge in [0.1, 0.15) is 0 Å². The van der Waals surface area contributed by atoms with Gasteiger partial charge in [0.15, 0.2) is 0 Å². The van der Waals surface area contributed by atoms with Crippen molar-refractivity contribution in [2.45, 2.75) is 13.0 Å². The summed E-state index contributed by atoms with van der Waals surface area (Å²) in [7, 11) is 0. The van der Waals surface area contributed by atoms with Crippen LogP contribution in [0, 0.1) is 15.9 Å². The number of nitro groups is 1. The van der Waals surface area contributed by atoms with Gasteiger partial charge in [-0.2, -0.15) is 4.39 Å². The number of fused-ring (bicyclic) bond motifs is 1. The van der Waals surface area contributed by atoms with E-state index in [1.54, 1.807) is 0 Å². The van der Waals surface area contributed by atoms with Crippen molar-refractivity contribution in [1.29, 1.82) is 0 Å². The predicted molar refractivity (Wildman–Crippen MR) is 83.8 cm³/mol. The molecule has 0 spiro atoms. The molecule has 0 saturated carbocycles. The van der Waals surface area contributed by atoms with Gasteiger partial charge in [0.2, 0.25) is 11.7 Å². The van der Waals surface area contributed by atoms with Crippen molar-refractivity contribution in [1.82, 2.24) is 0 Å². The first-order valence-corrected chi connectivity index (χ1v) is 7.11. The smallest absolute Gasteiger partial charge is 0.304 e. The summed E-state index contributed by atoms with van der Waals surface area (Å²) in [4.78, 5) is 23.6. The largest absolute Gasteiger partial charge is 0.365 e. The van der Waals surface area contributed by atoms with Crippen molar-refractivity contribution >= 4 is 23.0 Å². The van der Waals surface area contributed by atoms with E-state index in [0.29, 0.717) is 30.8 Å². The molecule has 1 heterocycles. The molecule has 0 unspecified atom stereocenters. The van der Waals surface area contributed by atoms with E-state index in [9.17, 15) is 19.3 Å². The molecule has 23 heavy (non-hydrogen) atoms. The van der Waals surface area contributed by atoms with Crippen molar-refractivity contribution in [2.24, 2.45) is 0 Å². The van der Waals surface area contributed by atoms with Crippen molar-refractivity contribution < 1.29 is 14.1 Å². The summed E-state index contributed by atoms with van der Waals surface area (Å²) in [6.45, 7) is 0.850. The second kappa shape index (κ2) is 6.04. The first kappa shape index (κ1) is 15.0. The number of carbonyl (C=O) groups is 1. The molecule has 1 N–H and O–H groups in total. The Bertz CT molecular complexity index is 779. The van der Waals surface area contributed by atoms with Gasteiger partial charge in [0.05, 0.1) is 16.3 Å². The molecule has 2 aromatic carbocycles. The number of benzene rings is 2. The fourth-order valence-electron chi connectivity index (χ4n) is 2.61. The van der Waals surface area contributed by atoms with Gasteiger partial charge < -0.3 is 10.2 Å². The quantitative estimate of drug-likeness (QED) is 0.697. The maximum Gasteiger partial charge on any atom is 0.304 e. The zero-order chi connectivity index (χ0) is 16.4. The van der Waals surface area contributed by atoms with Crippen LogP contribution in [-0.4, -0.2) is 17.4 Å². The average Bonchev–Trinajstić information content (AvgIpc) is 2.66. The van der Waals surface area contributed by atoms with Crippen LogP contribution >= 0.6 is 0 Å². The Balaban J connectivity index is 1.89. The van der Waals surface area contributed by atoms with E-state index < -0.39 is 16.4 Å². The number of para-hydroxylation sites is 2. The van der Waals surface area contributed by atoms with E-state index in [1.165, 1.54) is 12.1 Å². The number of hydrogen-bond acceptors (Lipinski definition) is 4. The van der Waals surface area contributed by atoms with Crippen LogP contribution in [0.25, 0.3) is 0 Å². The minimum atomic E-state index is -0.857. The molecule has 0 bridgehead atoms. The number of halogens is 1. The SMILES string of the molecule is O=C1CCN(Cc2ccc([N+](=O)[O-])c(F)c2)c2ccccc2N1. The lowest BCUT2D eigenvalue weighted by Gasteiger charge is -2.24. The molecular formula is C16H14FN3O3. The number of amides is 1. The Labute approximate surface area is 131 Å². The lowest BCUT2D eigenvalue weighted by molar-refractivity contribution is -0.387. The van der Waals surface area contributed by atoms with Crippen molar-refractivity contribution in [3.63, 3.8) is 0 Å². The van der Waals surface area contributed by atoms with Gasteiger partial charge in [0.25, 0.3) is 0 Å². The normalized spacial score (nSPS) is 14.0. The van der Waals surface area contributed by atoms with Gasteiger partial charge in [-0.25, -0.2) is 0 Å². The van der Waals surface area contributed by atoms with Crippen LogP contribution in [-0.2, 0) is 11.3 Å². The molecule has 0 saturated heterocycles. The topological polar surface area (TPSA) is 75.5 Å². The standard InChI is InChI=1S/C16H14FN3O3/c17-12-9-11(5-6-14(12)20(22)23)10-19-8-7-16(21)18-13-3-1-2-4-15(13)19/h1-6,9H,7-8,10H2,(H,18,21). The van der Waals surface area contributed by atoms with Crippen molar-refractivity contribution in [2.75, 3.05) is 16.8 Å². The van der Waals surface area contributed by atoms with E-state index in [0.717, 1.165) is 11.8 Å². The molecule has 0 aliphatic carbocycles. The number of hydrogen-bond donors (Lipinski definition) is 1. The van der Waals surface area contributed by atoms with Gasteiger partial charge in [-0.05, 0) is 23.8 Å². The number of rotatable bonds is 3. The minimum Gasteiger partial charge on any atom is -0.365 e. The third-order valence-corrected chi connectivity index (χ3v) is 3.71. The van der Waals surface area contributed by atoms with E-state index in [4.69, 9.17) is 0 Å². The molecular weight excluding hydrogens is 301 g/mol. The zero-order valence-electron chi connectivity index (χ0n) is 12.2. The van der Waals surface area contributed by atoms with Gasteiger partial charge in [-0.3, -0.25) is 14.9 Å². The second-order valence-electron chi connectivity index (χ2n) is 5.28. The summed E-state index contributed by atoms with van der Waals surface area (Å²) >= 11 is 0. The molecule has 0 radical (unpaired) electrons. The van der Waals surface area contributed by atoms with Crippen LogP contribution < -0.4 is 10.2 Å². The molecule has 7 heteroatoms.